The highest BCUT2D eigenvalue weighted by atomic mass is 28.3. The normalized spacial score (nSPS) is 11.9. The molecule has 3 nitrogen and oxygen atoms in total. The molecule has 0 saturated carbocycles. The molecule has 1 aromatic carbocycles. The van der Waals surface area contributed by atoms with Gasteiger partial charge in [0, 0.05) is 23.4 Å². The van der Waals surface area contributed by atoms with Crippen molar-refractivity contribution < 1.29 is 4.74 Å². The average Bonchev–Trinajstić information content (AvgIpc) is 2.81. The van der Waals surface area contributed by atoms with Crippen LogP contribution in [0.3, 0.4) is 0 Å². The van der Waals surface area contributed by atoms with Gasteiger partial charge >= 0.3 is 0 Å². The average molecular weight is 324 g/mol. The third-order valence-electron chi connectivity index (χ3n) is 4.28. The quantitative estimate of drug-likeness (QED) is 0.680. The molecule has 0 spiro atoms. The predicted molar refractivity (Wildman–Crippen MR) is 99.5 cm³/mol. The van der Waals surface area contributed by atoms with Crippen LogP contribution in [0.1, 0.15) is 11.1 Å². The fourth-order valence-electron chi connectivity index (χ4n) is 3.38. The van der Waals surface area contributed by atoms with Gasteiger partial charge in [0.15, 0.2) is 0 Å². The molecular weight excluding hydrogens is 300 g/mol. The van der Waals surface area contributed by atoms with Gasteiger partial charge in [0.05, 0.1) is 15.2 Å². The van der Waals surface area contributed by atoms with Crippen LogP contribution in [0.25, 0.3) is 11.0 Å². The van der Waals surface area contributed by atoms with E-state index >= 15 is 0 Å². The number of nitrogens with zero attached hydrogens (tertiary/aromatic N) is 2. The van der Waals surface area contributed by atoms with Crippen molar-refractivity contribution in [2.24, 2.45) is 0 Å². The minimum absolute atomic E-state index is 0.852. The van der Waals surface area contributed by atoms with E-state index in [4.69, 9.17) is 4.74 Å². The molecule has 120 valence electrons. The van der Waals surface area contributed by atoms with Gasteiger partial charge < -0.3 is 9.30 Å². The van der Waals surface area contributed by atoms with Crippen molar-refractivity contribution in [3.63, 3.8) is 0 Å². The first-order chi connectivity index (χ1) is 10.9. The third kappa shape index (κ3) is 2.91. The summed E-state index contributed by atoms with van der Waals surface area (Å²) in [6.07, 6.45) is 1.89. The molecule has 23 heavy (non-hydrogen) atoms. The van der Waals surface area contributed by atoms with Gasteiger partial charge in [-0.1, -0.05) is 31.8 Å². The van der Waals surface area contributed by atoms with E-state index in [-0.39, 0.29) is 0 Å². The van der Waals surface area contributed by atoms with E-state index in [9.17, 15) is 0 Å². The Kier molecular flexibility index (Phi) is 4.02. The molecule has 0 N–H and O–H groups in total. The fourth-order valence-corrected chi connectivity index (χ4v) is 5.63. The monoisotopic (exact) mass is 324 g/mol. The Balaban J connectivity index is 2.14. The number of hydrogen-bond donors (Lipinski definition) is 0. The lowest BCUT2D eigenvalue weighted by atomic mass is 10.2. The molecule has 0 amide bonds. The molecule has 0 saturated heterocycles. The van der Waals surface area contributed by atoms with Crippen molar-refractivity contribution in [2.75, 3.05) is 7.11 Å². The van der Waals surface area contributed by atoms with Crippen LogP contribution in [0.2, 0.25) is 19.6 Å². The maximum atomic E-state index is 5.26. The molecule has 0 unspecified atom stereocenters. The van der Waals surface area contributed by atoms with Crippen LogP contribution in [0, 0.1) is 6.92 Å². The van der Waals surface area contributed by atoms with Crippen molar-refractivity contribution in [3.05, 3.63) is 53.7 Å². The van der Waals surface area contributed by atoms with E-state index < -0.39 is 8.07 Å². The first kappa shape index (κ1) is 15.8. The number of rotatable bonds is 4. The molecule has 0 aliphatic heterocycles. The Morgan fingerprint density at radius 3 is 2.39 bits per heavy atom. The summed E-state index contributed by atoms with van der Waals surface area (Å²) in [6, 6.07) is 12.5. The number of pyridine rings is 1. The number of ether oxygens (including phenoxy) is 1. The number of aryl methyl sites for hydroxylation is 1. The minimum Gasteiger partial charge on any atom is -0.497 e. The zero-order chi connectivity index (χ0) is 16.6. The largest absolute Gasteiger partial charge is 0.497 e. The van der Waals surface area contributed by atoms with E-state index in [2.05, 4.69) is 54.3 Å². The van der Waals surface area contributed by atoms with Crippen molar-refractivity contribution in [1.29, 1.82) is 0 Å². The van der Waals surface area contributed by atoms with E-state index in [0.717, 1.165) is 17.9 Å². The standard InChI is InChI=1S/C19H24N2OSi/c1-14-17-7-6-12-20-18(17)21(19(14)23(3,4)5)13-15-8-10-16(22-2)11-9-15/h6-12H,13H2,1-5H3. The molecule has 0 aliphatic rings. The van der Waals surface area contributed by atoms with Crippen molar-refractivity contribution >= 4 is 24.4 Å². The summed E-state index contributed by atoms with van der Waals surface area (Å²) in [6.45, 7) is 10.3. The smallest absolute Gasteiger partial charge is 0.140 e. The van der Waals surface area contributed by atoms with E-state index in [1.54, 1.807) is 7.11 Å². The highest BCUT2D eigenvalue weighted by Crippen LogP contribution is 2.22. The summed E-state index contributed by atoms with van der Waals surface area (Å²) < 4.78 is 7.67. The zero-order valence-corrected chi connectivity index (χ0v) is 15.6. The minimum atomic E-state index is -1.48. The lowest BCUT2D eigenvalue weighted by molar-refractivity contribution is 0.414. The van der Waals surface area contributed by atoms with E-state index in [1.165, 1.54) is 21.8 Å². The topological polar surface area (TPSA) is 27.1 Å². The lowest BCUT2D eigenvalue weighted by Crippen LogP contribution is -2.44. The highest BCUT2D eigenvalue weighted by molar-refractivity contribution is 6.88. The number of benzene rings is 1. The number of aromatic nitrogens is 2. The first-order valence-corrected chi connectivity index (χ1v) is 11.5. The molecule has 0 bridgehead atoms. The number of hydrogen-bond acceptors (Lipinski definition) is 2. The van der Waals surface area contributed by atoms with Gasteiger partial charge in [-0.2, -0.15) is 0 Å². The van der Waals surface area contributed by atoms with E-state index in [1.807, 2.05) is 24.4 Å². The van der Waals surface area contributed by atoms with Gasteiger partial charge in [0.1, 0.15) is 11.4 Å². The molecular formula is C19H24N2OSi. The summed E-state index contributed by atoms with van der Waals surface area (Å²) >= 11 is 0. The van der Waals surface area contributed by atoms with E-state index in [0.29, 0.717) is 0 Å². The van der Waals surface area contributed by atoms with Crippen molar-refractivity contribution in [2.45, 2.75) is 33.1 Å². The summed E-state index contributed by atoms with van der Waals surface area (Å²) in [5.74, 6) is 0.894. The van der Waals surface area contributed by atoms with Crippen LogP contribution in [0.5, 0.6) is 5.75 Å². The second kappa shape index (κ2) is 5.85. The Morgan fingerprint density at radius 1 is 1.09 bits per heavy atom. The Labute approximate surface area is 138 Å². The maximum absolute atomic E-state index is 5.26. The molecule has 0 atom stereocenters. The van der Waals surface area contributed by atoms with Crippen LogP contribution in [0.4, 0.5) is 0 Å². The predicted octanol–water partition coefficient (Wildman–Crippen LogP) is 3.95. The number of fused-ring (bicyclic) bond motifs is 1. The van der Waals surface area contributed by atoms with Crippen LogP contribution in [0.15, 0.2) is 42.6 Å². The molecule has 2 heterocycles. The Bertz CT molecular complexity index is 829. The van der Waals surface area contributed by atoms with Crippen molar-refractivity contribution in [3.8, 4) is 5.75 Å². The van der Waals surface area contributed by atoms with Crippen LogP contribution in [-0.4, -0.2) is 24.7 Å². The summed E-state index contributed by atoms with van der Waals surface area (Å²) in [5, 5.41) is 2.76. The second-order valence-corrected chi connectivity index (χ2v) is 12.0. The molecule has 0 fully saturated rings. The second-order valence-electron chi connectivity index (χ2n) is 7.03. The third-order valence-corrected chi connectivity index (χ3v) is 6.35. The van der Waals surface area contributed by atoms with Crippen molar-refractivity contribution in [1.82, 2.24) is 9.55 Å². The first-order valence-electron chi connectivity index (χ1n) is 7.99. The summed E-state index contributed by atoms with van der Waals surface area (Å²) in [7, 11) is 0.221. The van der Waals surface area contributed by atoms with Gasteiger partial charge in [-0.05, 0) is 42.3 Å². The maximum Gasteiger partial charge on any atom is 0.140 e. The lowest BCUT2D eigenvalue weighted by Gasteiger charge is -2.21. The van der Waals surface area contributed by atoms with Gasteiger partial charge in [-0.15, -0.1) is 0 Å². The zero-order valence-electron chi connectivity index (χ0n) is 14.6. The molecule has 0 radical (unpaired) electrons. The van der Waals surface area contributed by atoms with Crippen LogP contribution in [-0.2, 0) is 6.54 Å². The molecule has 3 rings (SSSR count). The molecule has 0 aliphatic carbocycles. The van der Waals surface area contributed by atoms with Gasteiger partial charge in [-0.25, -0.2) is 4.98 Å². The Morgan fingerprint density at radius 2 is 1.78 bits per heavy atom. The van der Waals surface area contributed by atoms with Crippen LogP contribution >= 0.6 is 0 Å². The molecule has 2 aromatic heterocycles. The molecule has 3 aromatic rings. The Hall–Kier alpha value is -2.07. The van der Waals surface area contributed by atoms with Gasteiger partial charge in [0.25, 0.3) is 0 Å². The van der Waals surface area contributed by atoms with Gasteiger partial charge in [-0.3, -0.25) is 0 Å². The molecule has 4 heteroatoms. The summed E-state index contributed by atoms with van der Waals surface area (Å²) in [4.78, 5) is 4.67. The van der Waals surface area contributed by atoms with Gasteiger partial charge in [0.2, 0.25) is 0 Å². The van der Waals surface area contributed by atoms with Crippen LogP contribution < -0.4 is 10.1 Å². The fraction of sp³-hybridized carbons (Fsp3) is 0.316. The number of methoxy groups -OCH3 is 1. The highest BCUT2D eigenvalue weighted by Gasteiger charge is 2.26. The SMILES string of the molecule is COc1ccc(Cn2c([Si](C)(C)C)c(C)c3cccnc32)cc1. The summed E-state index contributed by atoms with van der Waals surface area (Å²) in [5.41, 5.74) is 3.76.